The second kappa shape index (κ2) is 9.14. The van der Waals surface area contributed by atoms with Crippen LogP contribution in [-0.2, 0) is 13.1 Å². The molecule has 27 heavy (non-hydrogen) atoms. The molecule has 0 aliphatic heterocycles. The van der Waals surface area contributed by atoms with Gasteiger partial charge in [0.2, 0.25) is 5.88 Å². The van der Waals surface area contributed by atoms with Crippen LogP contribution in [0.4, 0.5) is 4.39 Å². The van der Waals surface area contributed by atoms with E-state index >= 15 is 0 Å². The van der Waals surface area contributed by atoms with Crippen LogP contribution in [0, 0.1) is 12.7 Å². The number of aromatic nitrogens is 1. The van der Waals surface area contributed by atoms with E-state index in [2.05, 4.69) is 39.0 Å². The molecule has 5 nitrogen and oxygen atoms in total. The van der Waals surface area contributed by atoms with Crippen molar-refractivity contribution in [2.75, 3.05) is 7.05 Å². The quantitative estimate of drug-likeness (QED) is 0.493. The van der Waals surface area contributed by atoms with Crippen molar-refractivity contribution in [2.24, 2.45) is 4.99 Å². The van der Waals surface area contributed by atoms with Crippen LogP contribution in [0.3, 0.4) is 0 Å². The summed E-state index contributed by atoms with van der Waals surface area (Å²) in [5.74, 6) is 1.44. The first kappa shape index (κ1) is 18.8. The summed E-state index contributed by atoms with van der Waals surface area (Å²) in [6, 6.07) is 11.7. The van der Waals surface area contributed by atoms with Gasteiger partial charge in [0.1, 0.15) is 11.6 Å². The summed E-state index contributed by atoms with van der Waals surface area (Å²) < 4.78 is 18.5. The lowest BCUT2D eigenvalue weighted by Crippen LogP contribution is -2.36. The van der Waals surface area contributed by atoms with Gasteiger partial charge in [0.05, 0.1) is 6.54 Å². The zero-order chi connectivity index (χ0) is 19.1. The van der Waals surface area contributed by atoms with E-state index in [0.717, 1.165) is 18.1 Å². The number of nitrogens with zero attached hydrogens (tertiary/aromatic N) is 2. The topological polar surface area (TPSA) is 58.5 Å². The van der Waals surface area contributed by atoms with Crippen molar-refractivity contribution in [1.82, 2.24) is 15.6 Å². The molecule has 2 N–H and O–H groups in total. The number of pyridine rings is 1. The molecule has 0 aliphatic rings. The van der Waals surface area contributed by atoms with Crippen LogP contribution in [0.2, 0.25) is 0 Å². The summed E-state index contributed by atoms with van der Waals surface area (Å²) in [7, 11) is 1.74. The van der Waals surface area contributed by atoms with E-state index in [9.17, 15) is 4.39 Å². The Morgan fingerprint density at radius 3 is 2.52 bits per heavy atom. The molecule has 0 aliphatic carbocycles. The van der Waals surface area contributed by atoms with E-state index in [4.69, 9.17) is 4.74 Å². The summed E-state index contributed by atoms with van der Waals surface area (Å²) in [6.45, 7) is 3.43. The second-order valence-corrected chi connectivity index (χ2v) is 6.87. The van der Waals surface area contributed by atoms with Crippen molar-refractivity contribution in [3.8, 4) is 11.6 Å². The minimum atomic E-state index is -0.298. The lowest BCUT2D eigenvalue weighted by atomic mass is 10.3. The van der Waals surface area contributed by atoms with E-state index in [1.54, 1.807) is 42.8 Å². The maximum Gasteiger partial charge on any atom is 0.219 e. The number of benzene rings is 1. The van der Waals surface area contributed by atoms with Crippen molar-refractivity contribution in [3.05, 3.63) is 75.9 Å². The maximum atomic E-state index is 12.9. The smallest absolute Gasteiger partial charge is 0.219 e. The average molecular weight is 384 g/mol. The summed E-state index contributed by atoms with van der Waals surface area (Å²) in [6.07, 6.45) is 1.74. The van der Waals surface area contributed by atoms with Gasteiger partial charge < -0.3 is 15.4 Å². The Morgan fingerprint density at radius 2 is 1.89 bits per heavy atom. The molecule has 0 spiro atoms. The minimum Gasteiger partial charge on any atom is -0.439 e. The van der Waals surface area contributed by atoms with E-state index in [0.29, 0.717) is 18.2 Å². The lowest BCUT2D eigenvalue weighted by molar-refractivity contribution is 0.461. The van der Waals surface area contributed by atoms with Crippen LogP contribution in [0.25, 0.3) is 0 Å². The lowest BCUT2D eigenvalue weighted by Gasteiger charge is -2.12. The van der Waals surface area contributed by atoms with Crippen molar-refractivity contribution in [1.29, 1.82) is 0 Å². The summed E-state index contributed by atoms with van der Waals surface area (Å²) in [5.41, 5.74) is 2.28. The first-order chi connectivity index (χ1) is 13.1. The van der Waals surface area contributed by atoms with Crippen molar-refractivity contribution < 1.29 is 9.13 Å². The molecule has 7 heteroatoms. The molecule has 2 aromatic heterocycles. The van der Waals surface area contributed by atoms with Crippen LogP contribution in [-0.4, -0.2) is 18.0 Å². The molecule has 0 saturated heterocycles. The molecule has 0 radical (unpaired) electrons. The molecule has 0 saturated carbocycles. The molecule has 0 fully saturated rings. The predicted octanol–water partition coefficient (Wildman–Crippen LogP) is 4.25. The SMILES string of the molecule is CN=C(NCc1ccc(Oc2ccc(F)cc2)nc1)NCc1sccc1C. The van der Waals surface area contributed by atoms with Crippen LogP contribution in [0.1, 0.15) is 16.0 Å². The third-order valence-corrected chi connectivity index (χ3v) is 4.92. The zero-order valence-corrected chi connectivity index (χ0v) is 16.0. The Balaban J connectivity index is 1.50. The highest BCUT2D eigenvalue weighted by atomic mass is 32.1. The standard InChI is InChI=1S/C20H21FN4OS/c1-14-9-10-27-18(14)13-25-20(22-2)24-12-15-3-8-19(23-11-15)26-17-6-4-16(21)5-7-17/h3-11H,12-13H2,1-2H3,(H2,22,24,25). The van der Waals surface area contributed by atoms with Gasteiger partial charge in [0, 0.05) is 30.7 Å². The number of guanidine groups is 1. The molecule has 3 aromatic rings. The van der Waals surface area contributed by atoms with Gasteiger partial charge >= 0.3 is 0 Å². The highest BCUT2D eigenvalue weighted by molar-refractivity contribution is 7.10. The number of hydrogen-bond donors (Lipinski definition) is 2. The number of halogens is 1. The van der Waals surface area contributed by atoms with Gasteiger partial charge in [0.25, 0.3) is 0 Å². The number of hydrogen-bond acceptors (Lipinski definition) is 4. The van der Waals surface area contributed by atoms with E-state index in [1.807, 2.05) is 6.07 Å². The fourth-order valence-electron chi connectivity index (χ4n) is 2.35. The number of rotatable bonds is 6. The predicted molar refractivity (Wildman–Crippen MR) is 107 cm³/mol. The third-order valence-electron chi connectivity index (χ3n) is 3.90. The minimum absolute atomic E-state index is 0.298. The molecule has 140 valence electrons. The van der Waals surface area contributed by atoms with Gasteiger partial charge in [-0.15, -0.1) is 11.3 Å². The first-order valence-corrected chi connectivity index (χ1v) is 9.38. The van der Waals surface area contributed by atoms with Crippen molar-refractivity contribution in [3.63, 3.8) is 0 Å². The van der Waals surface area contributed by atoms with E-state index in [-0.39, 0.29) is 5.82 Å². The Labute approximate surface area is 162 Å². The third kappa shape index (κ3) is 5.52. The first-order valence-electron chi connectivity index (χ1n) is 8.50. The molecule has 0 unspecified atom stereocenters. The molecule has 0 bridgehead atoms. The van der Waals surface area contributed by atoms with Gasteiger partial charge in [-0.05, 0) is 53.8 Å². The Kier molecular flexibility index (Phi) is 6.38. The molecular formula is C20H21FN4OS. The molecule has 0 atom stereocenters. The van der Waals surface area contributed by atoms with E-state index in [1.165, 1.54) is 22.6 Å². The maximum absolute atomic E-state index is 12.9. The fraction of sp³-hybridized carbons (Fsp3) is 0.200. The molecule has 2 heterocycles. The molecule has 3 rings (SSSR count). The molecular weight excluding hydrogens is 363 g/mol. The number of aliphatic imine (C=N–C) groups is 1. The number of aryl methyl sites for hydroxylation is 1. The largest absolute Gasteiger partial charge is 0.439 e. The van der Waals surface area contributed by atoms with Gasteiger partial charge in [-0.3, -0.25) is 4.99 Å². The molecule has 0 amide bonds. The highest BCUT2D eigenvalue weighted by Crippen LogP contribution is 2.19. The Morgan fingerprint density at radius 1 is 1.11 bits per heavy atom. The van der Waals surface area contributed by atoms with Crippen LogP contribution < -0.4 is 15.4 Å². The second-order valence-electron chi connectivity index (χ2n) is 5.87. The van der Waals surface area contributed by atoms with Gasteiger partial charge in [-0.25, -0.2) is 9.37 Å². The number of thiophene rings is 1. The van der Waals surface area contributed by atoms with Crippen molar-refractivity contribution >= 4 is 17.3 Å². The average Bonchev–Trinajstić information content (AvgIpc) is 3.10. The van der Waals surface area contributed by atoms with E-state index < -0.39 is 0 Å². The number of nitrogens with one attached hydrogen (secondary N) is 2. The van der Waals surface area contributed by atoms with Crippen LogP contribution >= 0.6 is 11.3 Å². The monoisotopic (exact) mass is 384 g/mol. The Hall–Kier alpha value is -2.93. The van der Waals surface area contributed by atoms with Gasteiger partial charge in [0.15, 0.2) is 5.96 Å². The summed E-state index contributed by atoms with van der Waals surface area (Å²) in [4.78, 5) is 9.81. The van der Waals surface area contributed by atoms with Gasteiger partial charge in [-0.2, -0.15) is 0 Å². The van der Waals surface area contributed by atoms with Gasteiger partial charge in [-0.1, -0.05) is 6.07 Å². The fourth-order valence-corrected chi connectivity index (χ4v) is 3.20. The van der Waals surface area contributed by atoms with Crippen LogP contribution in [0.15, 0.2) is 59.0 Å². The van der Waals surface area contributed by atoms with Crippen LogP contribution in [0.5, 0.6) is 11.6 Å². The number of ether oxygens (including phenoxy) is 1. The molecule has 1 aromatic carbocycles. The Bertz CT molecular complexity index is 891. The highest BCUT2D eigenvalue weighted by Gasteiger charge is 2.04. The summed E-state index contributed by atoms with van der Waals surface area (Å²) >= 11 is 1.73. The van der Waals surface area contributed by atoms with Crippen molar-refractivity contribution in [2.45, 2.75) is 20.0 Å². The normalized spacial score (nSPS) is 11.3. The zero-order valence-electron chi connectivity index (χ0n) is 15.2. The summed E-state index contributed by atoms with van der Waals surface area (Å²) in [5, 5.41) is 8.66.